The number of piperazine rings is 1. The molecule has 0 aromatic carbocycles. The van der Waals surface area contributed by atoms with Crippen molar-refractivity contribution in [3.05, 3.63) is 0 Å². The molecular weight excluding hydrogens is 194 g/mol. The van der Waals surface area contributed by atoms with Gasteiger partial charge in [-0.1, -0.05) is 0 Å². The highest BCUT2D eigenvalue weighted by molar-refractivity contribution is 7.99. The molecular formula is C10H23N3S. The summed E-state index contributed by atoms with van der Waals surface area (Å²) in [6.07, 6.45) is 1.16. The number of hydrogen-bond donors (Lipinski definition) is 1. The smallest absolute Gasteiger partial charge is 0.0110 e. The minimum Gasteiger partial charge on any atom is -0.330 e. The normalized spacial score (nSPS) is 20.1. The van der Waals surface area contributed by atoms with E-state index in [-0.39, 0.29) is 0 Å². The first-order valence-electron chi connectivity index (χ1n) is 5.51. The van der Waals surface area contributed by atoms with Crippen LogP contribution in [0.25, 0.3) is 0 Å². The van der Waals surface area contributed by atoms with Gasteiger partial charge in [0.05, 0.1) is 0 Å². The van der Waals surface area contributed by atoms with Gasteiger partial charge < -0.3 is 10.6 Å². The fourth-order valence-corrected chi connectivity index (χ4v) is 2.51. The van der Waals surface area contributed by atoms with E-state index in [1.807, 2.05) is 11.8 Å². The van der Waals surface area contributed by atoms with Crippen molar-refractivity contribution in [2.45, 2.75) is 6.42 Å². The molecule has 14 heavy (non-hydrogen) atoms. The van der Waals surface area contributed by atoms with Crippen molar-refractivity contribution in [1.29, 1.82) is 0 Å². The van der Waals surface area contributed by atoms with Gasteiger partial charge in [-0.3, -0.25) is 4.90 Å². The third-order valence-corrected chi connectivity index (χ3v) is 3.69. The Hall–Kier alpha value is 0.230. The maximum atomic E-state index is 5.44. The quantitative estimate of drug-likeness (QED) is 0.649. The number of hydrogen-bond acceptors (Lipinski definition) is 4. The van der Waals surface area contributed by atoms with E-state index >= 15 is 0 Å². The predicted molar refractivity (Wildman–Crippen MR) is 64.9 cm³/mol. The second-order valence-corrected chi connectivity index (χ2v) is 5.12. The lowest BCUT2D eigenvalue weighted by molar-refractivity contribution is 0.161. The van der Waals surface area contributed by atoms with E-state index in [1.54, 1.807) is 0 Å². The van der Waals surface area contributed by atoms with Gasteiger partial charge in [0.2, 0.25) is 0 Å². The molecule has 1 fully saturated rings. The predicted octanol–water partition coefficient (Wildman–Crippen LogP) is 0.316. The number of nitrogens with two attached hydrogens (primary N) is 1. The molecule has 84 valence electrons. The molecule has 1 aliphatic rings. The van der Waals surface area contributed by atoms with Crippen LogP contribution in [-0.2, 0) is 0 Å². The van der Waals surface area contributed by atoms with Gasteiger partial charge in [0.1, 0.15) is 0 Å². The number of likely N-dealkylation sites (N-methyl/N-ethyl adjacent to an activating group) is 1. The highest BCUT2D eigenvalue weighted by atomic mass is 32.2. The average Bonchev–Trinajstić information content (AvgIpc) is 2.21. The van der Waals surface area contributed by atoms with Gasteiger partial charge in [0.25, 0.3) is 0 Å². The van der Waals surface area contributed by atoms with Gasteiger partial charge in [-0.15, -0.1) is 0 Å². The van der Waals surface area contributed by atoms with Crippen LogP contribution >= 0.6 is 11.8 Å². The van der Waals surface area contributed by atoms with Crippen LogP contribution in [0.1, 0.15) is 6.42 Å². The van der Waals surface area contributed by atoms with Crippen molar-refractivity contribution in [1.82, 2.24) is 9.80 Å². The Labute approximate surface area is 92.0 Å². The Morgan fingerprint density at radius 2 is 1.86 bits per heavy atom. The zero-order chi connectivity index (χ0) is 10.2. The topological polar surface area (TPSA) is 32.5 Å². The minimum atomic E-state index is 0.835. The molecule has 0 bridgehead atoms. The van der Waals surface area contributed by atoms with Gasteiger partial charge >= 0.3 is 0 Å². The maximum absolute atomic E-state index is 5.44. The average molecular weight is 217 g/mol. The fraction of sp³-hybridized carbons (Fsp3) is 1.00. The molecule has 0 spiro atoms. The first kappa shape index (κ1) is 12.3. The molecule has 0 amide bonds. The van der Waals surface area contributed by atoms with Crippen LogP contribution in [0.15, 0.2) is 0 Å². The summed E-state index contributed by atoms with van der Waals surface area (Å²) in [5.41, 5.74) is 5.44. The highest BCUT2D eigenvalue weighted by Gasteiger charge is 2.12. The van der Waals surface area contributed by atoms with Gasteiger partial charge in [0, 0.05) is 38.5 Å². The molecule has 1 heterocycles. The lowest BCUT2D eigenvalue weighted by atomic mass is 10.3. The zero-order valence-electron chi connectivity index (χ0n) is 9.24. The summed E-state index contributed by atoms with van der Waals surface area (Å²) < 4.78 is 0. The van der Waals surface area contributed by atoms with Gasteiger partial charge in [-0.05, 0) is 25.8 Å². The molecule has 0 saturated carbocycles. The van der Waals surface area contributed by atoms with Crippen molar-refractivity contribution in [2.24, 2.45) is 5.73 Å². The lowest BCUT2D eigenvalue weighted by Gasteiger charge is -2.32. The van der Waals surface area contributed by atoms with Gasteiger partial charge in [0.15, 0.2) is 0 Å². The van der Waals surface area contributed by atoms with E-state index < -0.39 is 0 Å². The van der Waals surface area contributed by atoms with E-state index in [0.29, 0.717) is 0 Å². The van der Waals surface area contributed by atoms with Gasteiger partial charge in [-0.25, -0.2) is 0 Å². The van der Waals surface area contributed by atoms with Crippen molar-refractivity contribution < 1.29 is 0 Å². The molecule has 1 rings (SSSR count). The Morgan fingerprint density at radius 1 is 1.14 bits per heavy atom. The maximum Gasteiger partial charge on any atom is 0.0110 e. The van der Waals surface area contributed by atoms with Crippen LogP contribution in [0.3, 0.4) is 0 Å². The van der Waals surface area contributed by atoms with Crippen LogP contribution in [-0.4, -0.2) is 67.6 Å². The summed E-state index contributed by atoms with van der Waals surface area (Å²) in [5, 5.41) is 0. The number of rotatable bonds is 6. The highest BCUT2D eigenvalue weighted by Crippen LogP contribution is 2.04. The lowest BCUT2D eigenvalue weighted by Crippen LogP contribution is -2.45. The van der Waals surface area contributed by atoms with Crippen molar-refractivity contribution in [3.63, 3.8) is 0 Å². The van der Waals surface area contributed by atoms with Crippen molar-refractivity contribution in [2.75, 3.05) is 57.8 Å². The van der Waals surface area contributed by atoms with E-state index in [4.69, 9.17) is 5.73 Å². The molecule has 2 N–H and O–H groups in total. The third-order valence-electron chi connectivity index (χ3n) is 2.64. The van der Waals surface area contributed by atoms with E-state index in [0.717, 1.165) is 13.0 Å². The van der Waals surface area contributed by atoms with Crippen LogP contribution in [0, 0.1) is 0 Å². The summed E-state index contributed by atoms with van der Waals surface area (Å²) in [7, 11) is 2.20. The van der Waals surface area contributed by atoms with Gasteiger partial charge in [-0.2, -0.15) is 11.8 Å². The SMILES string of the molecule is CN1CCN(CCSCCCN)CC1. The Balaban J connectivity index is 1.91. The van der Waals surface area contributed by atoms with Crippen LogP contribution in [0.2, 0.25) is 0 Å². The Morgan fingerprint density at radius 3 is 2.50 bits per heavy atom. The van der Waals surface area contributed by atoms with Crippen molar-refractivity contribution in [3.8, 4) is 0 Å². The second kappa shape index (κ2) is 7.51. The molecule has 0 aliphatic carbocycles. The molecule has 1 saturated heterocycles. The first-order chi connectivity index (χ1) is 6.83. The monoisotopic (exact) mass is 217 g/mol. The molecule has 0 atom stereocenters. The van der Waals surface area contributed by atoms with Crippen LogP contribution < -0.4 is 5.73 Å². The van der Waals surface area contributed by atoms with E-state index in [2.05, 4.69) is 16.8 Å². The second-order valence-electron chi connectivity index (χ2n) is 3.90. The summed E-state index contributed by atoms with van der Waals surface area (Å²) in [4.78, 5) is 4.97. The fourth-order valence-electron chi connectivity index (χ4n) is 1.55. The number of nitrogens with zero attached hydrogens (tertiary/aromatic N) is 2. The summed E-state index contributed by atoms with van der Waals surface area (Å²) in [5.74, 6) is 2.49. The zero-order valence-corrected chi connectivity index (χ0v) is 10.1. The Kier molecular flexibility index (Phi) is 6.60. The van der Waals surface area contributed by atoms with Crippen LogP contribution in [0.5, 0.6) is 0 Å². The summed E-state index contributed by atoms with van der Waals surface area (Å²) in [6.45, 7) is 7.04. The molecule has 0 aromatic rings. The van der Waals surface area contributed by atoms with E-state index in [1.165, 1.54) is 44.2 Å². The summed E-state index contributed by atoms with van der Waals surface area (Å²) in [6, 6.07) is 0. The molecule has 0 unspecified atom stereocenters. The molecule has 0 radical (unpaired) electrons. The Bertz CT molecular complexity index is 135. The molecule has 3 nitrogen and oxygen atoms in total. The summed E-state index contributed by atoms with van der Waals surface area (Å²) >= 11 is 2.04. The minimum absolute atomic E-state index is 0.835. The van der Waals surface area contributed by atoms with Crippen LogP contribution in [0.4, 0.5) is 0 Å². The third kappa shape index (κ3) is 5.20. The molecule has 1 aliphatic heterocycles. The molecule has 0 aromatic heterocycles. The molecule has 4 heteroatoms. The van der Waals surface area contributed by atoms with E-state index in [9.17, 15) is 0 Å². The van der Waals surface area contributed by atoms with Crippen molar-refractivity contribution >= 4 is 11.8 Å². The standard InChI is InChI=1S/C10H23N3S/c1-12-4-6-13(7-5-12)8-10-14-9-2-3-11/h2-11H2,1H3. The number of thioether (sulfide) groups is 1. The largest absolute Gasteiger partial charge is 0.330 e. The first-order valence-corrected chi connectivity index (χ1v) is 6.67.